The molecule has 0 amide bonds. The smallest absolute Gasteiger partial charge is 0.193 e. The van der Waals surface area contributed by atoms with E-state index in [9.17, 15) is 8.42 Å². The largest absolute Gasteiger partial charge is 0.356 e. The van der Waals surface area contributed by atoms with Crippen LogP contribution in [0.15, 0.2) is 4.99 Å². The molecule has 112 valence electrons. The maximum atomic E-state index is 11.1. The molecule has 0 unspecified atom stereocenters. The van der Waals surface area contributed by atoms with Gasteiger partial charge in [-0.1, -0.05) is 0 Å². The van der Waals surface area contributed by atoms with Crippen LogP contribution in [0.1, 0.15) is 20.3 Å². The molecule has 1 saturated heterocycles. The van der Waals surface area contributed by atoms with E-state index in [-0.39, 0.29) is 10.5 Å². The summed E-state index contributed by atoms with van der Waals surface area (Å²) in [5.41, 5.74) is 0. The summed E-state index contributed by atoms with van der Waals surface area (Å²) in [6.45, 7) is 7.06. The maximum absolute atomic E-state index is 11.1. The fraction of sp³-hybridized carbons (Fsp3) is 0.917. The first-order valence-electron chi connectivity index (χ1n) is 6.51. The number of nitrogens with zero attached hydrogens (tertiary/aromatic N) is 2. The average Bonchev–Trinajstić information content (AvgIpc) is 2.26. The van der Waals surface area contributed by atoms with Gasteiger partial charge in [0.15, 0.2) is 5.96 Å². The number of hydrogen-bond donors (Lipinski definition) is 1. The molecule has 1 aliphatic heterocycles. The molecule has 0 aromatic heterocycles. The molecule has 0 saturated carbocycles. The van der Waals surface area contributed by atoms with Crippen molar-refractivity contribution in [3.8, 4) is 0 Å². The summed E-state index contributed by atoms with van der Waals surface area (Å²) in [6.07, 6.45) is 1.88. The summed E-state index contributed by atoms with van der Waals surface area (Å²) < 4.78 is 22.4. The average molecular weight is 307 g/mol. The third-order valence-electron chi connectivity index (χ3n) is 2.91. The van der Waals surface area contributed by atoms with E-state index in [2.05, 4.69) is 29.1 Å². The van der Waals surface area contributed by atoms with Gasteiger partial charge in [0.05, 0.1) is 5.75 Å². The monoisotopic (exact) mass is 307 g/mol. The molecule has 1 heterocycles. The Morgan fingerprint density at radius 3 is 2.68 bits per heavy atom. The van der Waals surface area contributed by atoms with E-state index in [1.807, 2.05) is 11.8 Å². The van der Waals surface area contributed by atoms with Crippen LogP contribution in [0.5, 0.6) is 0 Å². The van der Waals surface area contributed by atoms with Crippen molar-refractivity contribution in [1.29, 1.82) is 0 Å². The van der Waals surface area contributed by atoms with Crippen LogP contribution in [0.2, 0.25) is 0 Å². The Kier molecular flexibility index (Phi) is 5.98. The van der Waals surface area contributed by atoms with Crippen LogP contribution in [0.4, 0.5) is 0 Å². The molecule has 7 heteroatoms. The Labute approximate surface area is 121 Å². The molecule has 1 fully saturated rings. The van der Waals surface area contributed by atoms with Crippen molar-refractivity contribution in [3.63, 3.8) is 0 Å². The van der Waals surface area contributed by atoms with Gasteiger partial charge in [-0.2, -0.15) is 11.8 Å². The van der Waals surface area contributed by atoms with Gasteiger partial charge in [0.1, 0.15) is 9.84 Å². The van der Waals surface area contributed by atoms with Gasteiger partial charge in [-0.15, -0.1) is 0 Å². The van der Waals surface area contributed by atoms with Gasteiger partial charge in [-0.3, -0.25) is 4.99 Å². The van der Waals surface area contributed by atoms with Crippen LogP contribution >= 0.6 is 11.8 Å². The molecular weight excluding hydrogens is 282 g/mol. The van der Waals surface area contributed by atoms with Gasteiger partial charge in [-0.25, -0.2) is 8.42 Å². The molecule has 19 heavy (non-hydrogen) atoms. The highest BCUT2D eigenvalue weighted by molar-refractivity contribution is 8.00. The van der Waals surface area contributed by atoms with Crippen LogP contribution in [0.3, 0.4) is 0 Å². The summed E-state index contributed by atoms with van der Waals surface area (Å²) in [6, 6.07) is 0. The van der Waals surface area contributed by atoms with E-state index < -0.39 is 9.84 Å². The van der Waals surface area contributed by atoms with Crippen molar-refractivity contribution < 1.29 is 8.42 Å². The van der Waals surface area contributed by atoms with E-state index in [1.54, 1.807) is 7.05 Å². The van der Waals surface area contributed by atoms with Crippen LogP contribution in [-0.4, -0.2) is 68.5 Å². The highest BCUT2D eigenvalue weighted by Gasteiger charge is 2.28. The fourth-order valence-corrected chi connectivity index (χ4v) is 3.84. The van der Waals surface area contributed by atoms with Crippen molar-refractivity contribution in [1.82, 2.24) is 10.2 Å². The minimum atomic E-state index is -2.87. The lowest BCUT2D eigenvalue weighted by Crippen LogP contribution is -2.51. The van der Waals surface area contributed by atoms with Crippen LogP contribution in [0.25, 0.3) is 0 Å². The zero-order valence-corrected chi connectivity index (χ0v) is 13.9. The van der Waals surface area contributed by atoms with Crippen LogP contribution in [0, 0.1) is 0 Å². The quantitative estimate of drug-likeness (QED) is 0.473. The molecule has 0 atom stereocenters. The second-order valence-corrected chi connectivity index (χ2v) is 9.55. The summed E-state index contributed by atoms with van der Waals surface area (Å²) in [5.74, 6) is 2.19. The summed E-state index contributed by atoms with van der Waals surface area (Å²) in [7, 11) is -1.10. The first-order chi connectivity index (χ1) is 8.73. The number of sulfone groups is 1. The van der Waals surface area contributed by atoms with E-state index in [0.29, 0.717) is 13.0 Å². The predicted molar refractivity (Wildman–Crippen MR) is 83.8 cm³/mol. The highest BCUT2D eigenvalue weighted by atomic mass is 32.2. The van der Waals surface area contributed by atoms with Crippen molar-refractivity contribution in [2.45, 2.75) is 25.0 Å². The standard InChI is InChI=1S/C12H25N3O2S2/c1-12(2)10-15(7-8-18-12)11(13-3)14-6-5-9-19(4,16)17/h5-10H2,1-4H3,(H,13,14). The molecule has 0 radical (unpaired) electrons. The molecular formula is C12H25N3O2S2. The van der Waals surface area contributed by atoms with Crippen molar-refractivity contribution in [2.24, 2.45) is 4.99 Å². The van der Waals surface area contributed by atoms with Crippen molar-refractivity contribution in [3.05, 3.63) is 0 Å². The number of guanidine groups is 1. The fourth-order valence-electron chi connectivity index (χ4n) is 2.06. The van der Waals surface area contributed by atoms with Crippen LogP contribution in [-0.2, 0) is 9.84 Å². The Morgan fingerprint density at radius 2 is 2.16 bits per heavy atom. The van der Waals surface area contributed by atoms with E-state index in [1.165, 1.54) is 6.26 Å². The number of nitrogens with one attached hydrogen (secondary N) is 1. The molecule has 1 rings (SSSR count). The van der Waals surface area contributed by atoms with Crippen LogP contribution < -0.4 is 5.32 Å². The second-order valence-electron chi connectivity index (χ2n) is 5.49. The second kappa shape index (κ2) is 6.83. The molecule has 0 aromatic rings. The minimum absolute atomic E-state index is 0.221. The highest BCUT2D eigenvalue weighted by Crippen LogP contribution is 2.29. The lowest BCUT2D eigenvalue weighted by Gasteiger charge is -2.39. The zero-order chi connectivity index (χ0) is 14.5. The molecule has 1 aliphatic rings. The van der Waals surface area contributed by atoms with Crippen molar-refractivity contribution >= 4 is 27.6 Å². The van der Waals surface area contributed by atoms with Gasteiger partial charge >= 0.3 is 0 Å². The van der Waals surface area contributed by atoms with Gasteiger partial charge in [0.25, 0.3) is 0 Å². The van der Waals surface area contributed by atoms with Gasteiger partial charge in [0, 0.05) is 43.4 Å². The van der Waals surface area contributed by atoms with Gasteiger partial charge in [0.2, 0.25) is 0 Å². The number of thioether (sulfide) groups is 1. The van der Waals surface area contributed by atoms with E-state index in [4.69, 9.17) is 0 Å². The normalized spacial score (nSPS) is 20.4. The molecule has 0 aliphatic carbocycles. The SMILES string of the molecule is CN=C(NCCCS(C)(=O)=O)N1CCSC(C)(C)C1. The lowest BCUT2D eigenvalue weighted by molar-refractivity contribution is 0.376. The first kappa shape index (κ1) is 16.6. The number of hydrogen-bond acceptors (Lipinski definition) is 4. The summed E-state index contributed by atoms with van der Waals surface area (Å²) in [5, 5.41) is 3.25. The molecule has 0 spiro atoms. The third-order valence-corrected chi connectivity index (χ3v) is 5.24. The van der Waals surface area contributed by atoms with Gasteiger partial charge in [-0.05, 0) is 20.3 Å². The number of aliphatic imine (C=N–C) groups is 1. The zero-order valence-electron chi connectivity index (χ0n) is 12.3. The Balaban J connectivity index is 2.42. The summed E-state index contributed by atoms with van der Waals surface area (Å²) >= 11 is 1.98. The lowest BCUT2D eigenvalue weighted by atomic mass is 10.2. The number of rotatable bonds is 4. The molecule has 0 aromatic carbocycles. The molecule has 5 nitrogen and oxygen atoms in total. The minimum Gasteiger partial charge on any atom is -0.356 e. The van der Waals surface area contributed by atoms with Crippen molar-refractivity contribution in [2.75, 3.05) is 44.4 Å². The Bertz CT molecular complexity index is 419. The van der Waals surface area contributed by atoms with E-state index >= 15 is 0 Å². The topological polar surface area (TPSA) is 61.8 Å². The molecule has 1 N–H and O–H groups in total. The Morgan fingerprint density at radius 1 is 1.47 bits per heavy atom. The first-order valence-corrected chi connectivity index (χ1v) is 9.55. The Hall–Kier alpha value is -0.430. The van der Waals surface area contributed by atoms with Gasteiger partial charge < -0.3 is 10.2 Å². The summed E-state index contributed by atoms with van der Waals surface area (Å²) in [4.78, 5) is 6.53. The predicted octanol–water partition coefficient (Wildman–Crippen LogP) is 0.824. The molecule has 0 bridgehead atoms. The maximum Gasteiger partial charge on any atom is 0.193 e. The van der Waals surface area contributed by atoms with E-state index in [0.717, 1.165) is 24.8 Å². The third kappa shape index (κ3) is 6.51.